The van der Waals surface area contributed by atoms with E-state index in [0.29, 0.717) is 17.1 Å². The van der Waals surface area contributed by atoms with Gasteiger partial charge in [-0.25, -0.2) is 0 Å². The first-order valence-electron chi connectivity index (χ1n) is 7.03. The molecular weight excluding hydrogens is 278 g/mol. The van der Waals surface area contributed by atoms with E-state index in [1.165, 1.54) is 11.1 Å². The molecule has 3 heteroatoms. The average Bonchev–Trinajstić information content (AvgIpc) is 2.45. The molecule has 21 heavy (non-hydrogen) atoms. The topological polar surface area (TPSA) is 32.3 Å². The van der Waals surface area contributed by atoms with E-state index in [-0.39, 0.29) is 11.2 Å². The van der Waals surface area contributed by atoms with Crippen molar-refractivity contribution < 1.29 is 5.11 Å². The van der Waals surface area contributed by atoms with E-state index >= 15 is 0 Å². The summed E-state index contributed by atoms with van der Waals surface area (Å²) in [6, 6.07) is 15.6. The summed E-state index contributed by atoms with van der Waals surface area (Å²) in [5, 5.41) is 13.0. The number of thiocarbonyl (C=S) groups is 1. The van der Waals surface area contributed by atoms with Crippen LogP contribution in [0.2, 0.25) is 0 Å². The van der Waals surface area contributed by atoms with Crippen LogP contribution in [0.15, 0.2) is 48.5 Å². The Morgan fingerprint density at radius 3 is 2.24 bits per heavy atom. The van der Waals surface area contributed by atoms with Crippen molar-refractivity contribution >= 4 is 17.2 Å². The summed E-state index contributed by atoms with van der Waals surface area (Å²) >= 11 is 5.32. The molecule has 110 valence electrons. The van der Waals surface area contributed by atoms with Gasteiger partial charge < -0.3 is 10.4 Å². The predicted molar refractivity (Wildman–Crippen MR) is 91.8 cm³/mol. The number of phenols is 1. The second-order valence-corrected chi connectivity index (χ2v) is 6.55. The van der Waals surface area contributed by atoms with E-state index in [9.17, 15) is 5.11 Å². The molecule has 0 aromatic heterocycles. The van der Waals surface area contributed by atoms with Gasteiger partial charge in [-0.3, -0.25) is 0 Å². The molecule has 0 unspecified atom stereocenters. The molecule has 0 aliphatic rings. The van der Waals surface area contributed by atoms with Gasteiger partial charge >= 0.3 is 0 Å². The van der Waals surface area contributed by atoms with Crippen LogP contribution in [0.1, 0.15) is 37.5 Å². The smallest absolute Gasteiger partial charge is 0.125 e. The number of aromatic hydroxyl groups is 1. The quantitative estimate of drug-likeness (QED) is 0.835. The molecule has 0 saturated heterocycles. The second-order valence-electron chi connectivity index (χ2n) is 6.15. The number of benzene rings is 2. The number of rotatable bonds is 3. The SMILES string of the molecule is CC(C)(C)c1ccc(CNC(=S)c2ccccc2O)cc1. The van der Waals surface area contributed by atoms with Crippen molar-refractivity contribution in [3.63, 3.8) is 0 Å². The van der Waals surface area contributed by atoms with Crippen molar-refractivity contribution in [2.24, 2.45) is 0 Å². The second kappa shape index (κ2) is 6.27. The van der Waals surface area contributed by atoms with E-state index in [1.807, 2.05) is 12.1 Å². The minimum atomic E-state index is 0.164. The minimum absolute atomic E-state index is 0.164. The lowest BCUT2D eigenvalue weighted by Crippen LogP contribution is -2.21. The molecule has 0 heterocycles. The lowest BCUT2D eigenvalue weighted by molar-refractivity contribution is 0.474. The molecule has 2 rings (SSSR count). The molecule has 0 radical (unpaired) electrons. The highest BCUT2D eigenvalue weighted by atomic mass is 32.1. The largest absolute Gasteiger partial charge is 0.507 e. The number of phenolic OH excluding ortho intramolecular Hbond substituents is 1. The Balaban J connectivity index is 2.00. The van der Waals surface area contributed by atoms with Gasteiger partial charge in [-0.1, -0.05) is 69.4 Å². The zero-order valence-corrected chi connectivity index (χ0v) is 13.5. The average molecular weight is 299 g/mol. The third-order valence-corrected chi connectivity index (χ3v) is 3.79. The fourth-order valence-corrected chi connectivity index (χ4v) is 2.31. The van der Waals surface area contributed by atoms with Gasteiger partial charge in [0.1, 0.15) is 10.7 Å². The fraction of sp³-hybridized carbons (Fsp3) is 0.278. The number of nitrogens with one attached hydrogen (secondary N) is 1. The Hall–Kier alpha value is -1.87. The van der Waals surface area contributed by atoms with Crippen molar-refractivity contribution in [2.45, 2.75) is 32.7 Å². The highest BCUT2D eigenvalue weighted by molar-refractivity contribution is 7.80. The van der Waals surface area contributed by atoms with Crippen LogP contribution >= 0.6 is 12.2 Å². The number of para-hydroxylation sites is 1. The summed E-state index contributed by atoms with van der Waals surface area (Å²) in [6.07, 6.45) is 0. The van der Waals surface area contributed by atoms with E-state index in [1.54, 1.807) is 12.1 Å². The predicted octanol–water partition coefficient (Wildman–Crippen LogP) is 4.16. The third-order valence-electron chi connectivity index (χ3n) is 3.42. The van der Waals surface area contributed by atoms with E-state index in [0.717, 1.165) is 0 Å². The van der Waals surface area contributed by atoms with Crippen LogP contribution in [-0.4, -0.2) is 10.1 Å². The van der Waals surface area contributed by atoms with Crippen LogP contribution in [0.5, 0.6) is 5.75 Å². The van der Waals surface area contributed by atoms with E-state index in [4.69, 9.17) is 12.2 Å². The van der Waals surface area contributed by atoms with Crippen LogP contribution in [0.3, 0.4) is 0 Å². The van der Waals surface area contributed by atoms with Gasteiger partial charge in [0.05, 0.1) is 5.56 Å². The Bertz CT molecular complexity index is 626. The number of hydrogen-bond acceptors (Lipinski definition) is 2. The van der Waals surface area contributed by atoms with Crippen molar-refractivity contribution in [3.8, 4) is 5.75 Å². The lowest BCUT2D eigenvalue weighted by Gasteiger charge is -2.19. The zero-order chi connectivity index (χ0) is 15.5. The molecule has 0 aliphatic carbocycles. The first kappa shape index (κ1) is 15.5. The van der Waals surface area contributed by atoms with Crippen molar-refractivity contribution in [1.29, 1.82) is 0 Å². The maximum absolute atomic E-state index is 9.78. The minimum Gasteiger partial charge on any atom is -0.507 e. The first-order valence-corrected chi connectivity index (χ1v) is 7.44. The molecule has 2 nitrogen and oxygen atoms in total. The van der Waals surface area contributed by atoms with E-state index < -0.39 is 0 Å². The van der Waals surface area contributed by atoms with Gasteiger partial charge in [0, 0.05) is 6.54 Å². The standard InChI is InChI=1S/C18H21NOS/c1-18(2,3)14-10-8-13(9-11-14)12-19-17(21)15-6-4-5-7-16(15)20/h4-11,20H,12H2,1-3H3,(H,19,21). The fourth-order valence-electron chi connectivity index (χ4n) is 2.07. The summed E-state index contributed by atoms with van der Waals surface area (Å²) in [4.78, 5) is 0.563. The van der Waals surface area contributed by atoms with Gasteiger partial charge in [-0.2, -0.15) is 0 Å². The Morgan fingerprint density at radius 2 is 1.67 bits per heavy atom. The van der Waals surface area contributed by atoms with Gasteiger partial charge in [0.25, 0.3) is 0 Å². The van der Waals surface area contributed by atoms with Crippen LogP contribution in [0.25, 0.3) is 0 Å². The zero-order valence-electron chi connectivity index (χ0n) is 12.7. The molecule has 2 N–H and O–H groups in total. The summed E-state index contributed by atoms with van der Waals surface area (Å²) < 4.78 is 0. The Kier molecular flexibility index (Phi) is 4.63. The third kappa shape index (κ3) is 4.05. The molecule has 0 bridgehead atoms. The monoisotopic (exact) mass is 299 g/mol. The number of hydrogen-bond donors (Lipinski definition) is 2. The molecule has 2 aromatic rings. The van der Waals surface area contributed by atoms with Crippen LogP contribution < -0.4 is 5.32 Å². The molecule has 0 amide bonds. The van der Waals surface area contributed by atoms with Crippen molar-refractivity contribution in [1.82, 2.24) is 5.32 Å². The molecule has 0 fully saturated rings. The maximum atomic E-state index is 9.78. The van der Waals surface area contributed by atoms with Crippen molar-refractivity contribution in [2.75, 3.05) is 0 Å². The molecule has 0 spiro atoms. The highest BCUT2D eigenvalue weighted by Gasteiger charge is 2.13. The van der Waals surface area contributed by atoms with Crippen LogP contribution in [-0.2, 0) is 12.0 Å². The molecule has 2 aromatic carbocycles. The molecule has 0 atom stereocenters. The van der Waals surface area contributed by atoms with Gasteiger partial charge in [0.2, 0.25) is 0 Å². The van der Waals surface area contributed by atoms with Gasteiger partial charge in [-0.15, -0.1) is 0 Å². The summed E-state index contributed by atoms with van der Waals surface area (Å²) in [5.74, 6) is 0.207. The van der Waals surface area contributed by atoms with Crippen molar-refractivity contribution in [3.05, 3.63) is 65.2 Å². The van der Waals surface area contributed by atoms with E-state index in [2.05, 4.69) is 50.4 Å². The lowest BCUT2D eigenvalue weighted by atomic mass is 9.87. The first-order chi connectivity index (χ1) is 9.88. The normalized spacial score (nSPS) is 11.2. The maximum Gasteiger partial charge on any atom is 0.125 e. The molecule has 0 saturated carbocycles. The summed E-state index contributed by atoms with van der Waals surface area (Å²) in [6.45, 7) is 7.26. The van der Waals surface area contributed by atoms with Crippen LogP contribution in [0.4, 0.5) is 0 Å². The highest BCUT2D eigenvalue weighted by Crippen LogP contribution is 2.22. The van der Waals surface area contributed by atoms with Gasteiger partial charge in [-0.05, 0) is 28.7 Å². The Labute approximate surface area is 131 Å². The molecule has 0 aliphatic heterocycles. The molecular formula is C18H21NOS. The van der Waals surface area contributed by atoms with Crippen LogP contribution in [0, 0.1) is 0 Å². The summed E-state index contributed by atoms with van der Waals surface area (Å²) in [7, 11) is 0. The van der Waals surface area contributed by atoms with Gasteiger partial charge in [0.15, 0.2) is 0 Å². The summed E-state index contributed by atoms with van der Waals surface area (Å²) in [5.41, 5.74) is 3.31. The Morgan fingerprint density at radius 1 is 1.05 bits per heavy atom.